The van der Waals surface area contributed by atoms with Crippen LogP contribution in [0.2, 0.25) is 0 Å². The molecular formula is C14H15N3O. The van der Waals surface area contributed by atoms with Crippen molar-refractivity contribution in [1.29, 1.82) is 0 Å². The molecule has 0 aliphatic carbocycles. The molecule has 1 aliphatic rings. The quantitative estimate of drug-likeness (QED) is 0.830. The fourth-order valence-electron chi connectivity index (χ4n) is 2.16. The van der Waals surface area contributed by atoms with Crippen molar-refractivity contribution in [2.45, 2.75) is 6.54 Å². The Labute approximate surface area is 106 Å². The van der Waals surface area contributed by atoms with E-state index < -0.39 is 0 Å². The molecule has 18 heavy (non-hydrogen) atoms. The lowest BCUT2D eigenvalue weighted by atomic mass is 10.2. The summed E-state index contributed by atoms with van der Waals surface area (Å²) in [6.45, 7) is 2.33. The highest BCUT2D eigenvalue weighted by Gasteiger charge is 2.15. The average molecular weight is 241 g/mol. The van der Waals surface area contributed by atoms with Crippen molar-refractivity contribution >= 4 is 11.4 Å². The first-order chi connectivity index (χ1) is 8.83. The van der Waals surface area contributed by atoms with Crippen molar-refractivity contribution in [1.82, 2.24) is 4.98 Å². The van der Waals surface area contributed by atoms with Gasteiger partial charge in [-0.05, 0) is 12.1 Å². The van der Waals surface area contributed by atoms with Crippen LogP contribution in [0.15, 0.2) is 42.7 Å². The Kier molecular flexibility index (Phi) is 2.76. The number of anilines is 2. The second-order valence-electron chi connectivity index (χ2n) is 4.35. The minimum atomic E-state index is 0.672. The Morgan fingerprint density at radius 3 is 3.00 bits per heavy atom. The van der Waals surface area contributed by atoms with Crippen LogP contribution >= 0.6 is 0 Å². The number of nitrogens with zero attached hydrogens (tertiary/aromatic N) is 2. The second-order valence-corrected chi connectivity index (χ2v) is 4.35. The maximum atomic E-state index is 5.78. The molecule has 2 heterocycles. The van der Waals surface area contributed by atoms with Gasteiger partial charge in [0.1, 0.15) is 12.4 Å². The van der Waals surface area contributed by atoms with Gasteiger partial charge in [-0.1, -0.05) is 18.2 Å². The number of para-hydroxylation sites is 1. The summed E-state index contributed by atoms with van der Waals surface area (Å²) in [5.74, 6) is 0.969. The average Bonchev–Trinajstić information content (AvgIpc) is 2.60. The maximum absolute atomic E-state index is 5.78. The molecule has 92 valence electrons. The molecule has 0 spiro atoms. The van der Waals surface area contributed by atoms with Gasteiger partial charge in [-0.2, -0.15) is 0 Å². The van der Waals surface area contributed by atoms with Gasteiger partial charge in [0.2, 0.25) is 0 Å². The minimum absolute atomic E-state index is 0.672. The number of nitrogens with two attached hydrogens (primary N) is 1. The molecule has 0 saturated heterocycles. The fraction of sp³-hybridized carbons (Fsp3) is 0.214. The first kappa shape index (κ1) is 10.9. The molecule has 0 atom stereocenters. The van der Waals surface area contributed by atoms with Gasteiger partial charge in [0.15, 0.2) is 0 Å². The summed E-state index contributed by atoms with van der Waals surface area (Å²) in [5.41, 5.74) is 8.69. The number of hydrogen-bond acceptors (Lipinski definition) is 4. The normalized spacial score (nSPS) is 14.6. The largest absolute Gasteiger partial charge is 0.491 e. The van der Waals surface area contributed by atoms with Crippen molar-refractivity contribution in [2.75, 3.05) is 23.8 Å². The van der Waals surface area contributed by atoms with E-state index in [0.29, 0.717) is 12.3 Å². The number of aromatic nitrogens is 1. The van der Waals surface area contributed by atoms with Gasteiger partial charge >= 0.3 is 0 Å². The van der Waals surface area contributed by atoms with E-state index in [1.807, 2.05) is 30.5 Å². The SMILES string of the molecule is Nc1cncc(N2CCOc3ccccc3C2)c1. The van der Waals surface area contributed by atoms with Crippen molar-refractivity contribution in [3.05, 3.63) is 48.3 Å². The molecule has 1 aromatic carbocycles. The van der Waals surface area contributed by atoms with Crippen LogP contribution in [0.1, 0.15) is 5.56 Å². The van der Waals surface area contributed by atoms with Gasteiger partial charge in [-0.25, -0.2) is 0 Å². The van der Waals surface area contributed by atoms with Crippen LogP contribution in [-0.2, 0) is 6.54 Å². The van der Waals surface area contributed by atoms with Crippen LogP contribution < -0.4 is 15.4 Å². The van der Waals surface area contributed by atoms with Crippen LogP contribution in [0.4, 0.5) is 11.4 Å². The van der Waals surface area contributed by atoms with Crippen LogP contribution in [0.25, 0.3) is 0 Å². The molecule has 2 aromatic rings. The van der Waals surface area contributed by atoms with Gasteiger partial charge in [0.05, 0.1) is 24.1 Å². The second kappa shape index (κ2) is 4.56. The number of benzene rings is 1. The number of fused-ring (bicyclic) bond motifs is 1. The van der Waals surface area contributed by atoms with E-state index >= 15 is 0 Å². The van der Waals surface area contributed by atoms with E-state index in [1.54, 1.807) is 6.20 Å². The zero-order chi connectivity index (χ0) is 12.4. The highest BCUT2D eigenvalue weighted by Crippen LogP contribution is 2.26. The molecule has 4 nitrogen and oxygen atoms in total. The summed E-state index contributed by atoms with van der Waals surface area (Å²) in [6.07, 6.45) is 3.50. The first-order valence-electron chi connectivity index (χ1n) is 5.99. The monoisotopic (exact) mass is 241 g/mol. The molecular weight excluding hydrogens is 226 g/mol. The summed E-state index contributed by atoms with van der Waals surface area (Å²) >= 11 is 0. The van der Waals surface area contributed by atoms with Crippen LogP contribution in [0.5, 0.6) is 5.75 Å². The molecule has 0 amide bonds. The molecule has 0 fully saturated rings. The fourth-order valence-corrected chi connectivity index (χ4v) is 2.16. The van der Waals surface area contributed by atoms with E-state index in [1.165, 1.54) is 5.56 Å². The molecule has 1 aromatic heterocycles. The third-order valence-corrected chi connectivity index (χ3v) is 3.06. The topological polar surface area (TPSA) is 51.4 Å². The molecule has 3 rings (SSSR count). The molecule has 0 bridgehead atoms. The highest BCUT2D eigenvalue weighted by atomic mass is 16.5. The third-order valence-electron chi connectivity index (χ3n) is 3.06. The molecule has 0 unspecified atom stereocenters. The van der Waals surface area contributed by atoms with Crippen molar-refractivity contribution in [3.63, 3.8) is 0 Å². The molecule has 4 heteroatoms. The minimum Gasteiger partial charge on any atom is -0.491 e. The molecule has 2 N–H and O–H groups in total. The third kappa shape index (κ3) is 2.09. The molecule has 0 saturated carbocycles. The first-order valence-corrected chi connectivity index (χ1v) is 5.99. The Hall–Kier alpha value is -2.23. The summed E-state index contributed by atoms with van der Waals surface area (Å²) in [6, 6.07) is 10.1. The lowest BCUT2D eigenvalue weighted by molar-refractivity contribution is 0.331. The van der Waals surface area contributed by atoms with E-state index in [2.05, 4.69) is 16.0 Å². The van der Waals surface area contributed by atoms with Crippen LogP contribution in [0, 0.1) is 0 Å². The standard InChI is InChI=1S/C14H15N3O/c15-12-7-13(9-16-8-12)17-5-6-18-14-4-2-1-3-11(14)10-17/h1-4,7-9H,5-6,10,15H2. The molecule has 1 aliphatic heterocycles. The van der Waals surface area contributed by atoms with E-state index in [-0.39, 0.29) is 0 Å². The zero-order valence-corrected chi connectivity index (χ0v) is 10.0. The number of hydrogen-bond donors (Lipinski definition) is 1. The Bertz CT molecular complexity index is 556. The van der Waals surface area contributed by atoms with Gasteiger partial charge in [0, 0.05) is 18.3 Å². The maximum Gasteiger partial charge on any atom is 0.124 e. The van der Waals surface area contributed by atoms with Gasteiger partial charge in [0.25, 0.3) is 0 Å². The van der Waals surface area contributed by atoms with Crippen molar-refractivity contribution in [3.8, 4) is 5.75 Å². The Morgan fingerprint density at radius 2 is 2.11 bits per heavy atom. The van der Waals surface area contributed by atoms with E-state index in [4.69, 9.17) is 10.5 Å². The molecule has 0 radical (unpaired) electrons. The van der Waals surface area contributed by atoms with Gasteiger partial charge in [-0.3, -0.25) is 4.98 Å². The van der Waals surface area contributed by atoms with E-state index in [9.17, 15) is 0 Å². The summed E-state index contributed by atoms with van der Waals surface area (Å²) in [4.78, 5) is 6.37. The predicted molar refractivity (Wildman–Crippen MR) is 71.6 cm³/mol. The van der Waals surface area contributed by atoms with Crippen LogP contribution in [0.3, 0.4) is 0 Å². The zero-order valence-electron chi connectivity index (χ0n) is 10.0. The summed E-state index contributed by atoms with van der Waals surface area (Å²) in [5, 5.41) is 0. The van der Waals surface area contributed by atoms with Crippen LogP contribution in [-0.4, -0.2) is 18.1 Å². The van der Waals surface area contributed by atoms with Crippen molar-refractivity contribution in [2.24, 2.45) is 0 Å². The lowest BCUT2D eigenvalue weighted by Crippen LogP contribution is -2.25. The predicted octanol–water partition coefficient (Wildman–Crippen LogP) is 2.06. The smallest absolute Gasteiger partial charge is 0.124 e. The van der Waals surface area contributed by atoms with Gasteiger partial charge < -0.3 is 15.4 Å². The summed E-state index contributed by atoms with van der Waals surface area (Å²) in [7, 11) is 0. The summed E-state index contributed by atoms with van der Waals surface area (Å²) < 4.78 is 5.74. The number of nitrogen functional groups attached to an aromatic ring is 1. The van der Waals surface area contributed by atoms with Gasteiger partial charge in [-0.15, -0.1) is 0 Å². The lowest BCUT2D eigenvalue weighted by Gasteiger charge is -2.21. The van der Waals surface area contributed by atoms with Crippen molar-refractivity contribution < 1.29 is 4.74 Å². The number of pyridine rings is 1. The Morgan fingerprint density at radius 1 is 1.22 bits per heavy atom. The highest BCUT2D eigenvalue weighted by molar-refractivity contribution is 5.54. The van der Waals surface area contributed by atoms with E-state index in [0.717, 1.165) is 24.5 Å². The number of rotatable bonds is 1. The Balaban J connectivity index is 1.91. The number of ether oxygens (including phenoxy) is 1.